The molecular formula is C34H43N3O4S. The van der Waals surface area contributed by atoms with E-state index in [0.717, 1.165) is 47.9 Å². The van der Waals surface area contributed by atoms with E-state index in [9.17, 15) is 18.0 Å². The van der Waals surface area contributed by atoms with Gasteiger partial charge in [-0.25, -0.2) is 8.42 Å². The van der Waals surface area contributed by atoms with E-state index < -0.39 is 16.1 Å². The van der Waals surface area contributed by atoms with Crippen molar-refractivity contribution >= 4 is 27.5 Å². The molecule has 1 aliphatic carbocycles. The quantitative estimate of drug-likeness (QED) is 0.283. The highest BCUT2D eigenvalue weighted by Gasteiger charge is 2.32. The van der Waals surface area contributed by atoms with Gasteiger partial charge in [0.15, 0.2) is 0 Å². The number of carbonyl (C=O) groups is 2. The lowest BCUT2D eigenvalue weighted by Crippen LogP contribution is -2.52. The highest BCUT2D eigenvalue weighted by molar-refractivity contribution is 7.92. The number of rotatable bonds is 13. The first-order chi connectivity index (χ1) is 20.1. The summed E-state index contributed by atoms with van der Waals surface area (Å²) in [6.45, 7) is 4.33. The van der Waals surface area contributed by atoms with Gasteiger partial charge in [0.05, 0.1) is 11.9 Å². The molecule has 0 heterocycles. The van der Waals surface area contributed by atoms with Gasteiger partial charge >= 0.3 is 0 Å². The fourth-order valence-corrected chi connectivity index (χ4v) is 6.71. The Hall–Kier alpha value is -3.65. The van der Waals surface area contributed by atoms with Crippen LogP contribution in [0.25, 0.3) is 0 Å². The van der Waals surface area contributed by atoms with Gasteiger partial charge in [-0.2, -0.15) is 0 Å². The Morgan fingerprint density at radius 1 is 0.881 bits per heavy atom. The van der Waals surface area contributed by atoms with Crippen molar-refractivity contribution in [2.24, 2.45) is 0 Å². The number of nitrogens with one attached hydrogen (secondary N) is 1. The van der Waals surface area contributed by atoms with Crippen LogP contribution in [0.5, 0.6) is 0 Å². The number of hydrogen-bond acceptors (Lipinski definition) is 4. The molecule has 2 amide bonds. The molecule has 0 saturated heterocycles. The summed E-state index contributed by atoms with van der Waals surface area (Å²) >= 11 is 0. The number of sulfonamides is 1. The molecule has 1 N–H and O–H groups in total. The second-order valence-corrected chi connectivity index (χ2v) is 13.3. The maximum Gasteiger partial charge on any atom is 0.243 e. The van der Waals surface area contributed by atoms with Gasteiger partial charge < -0.3 is 10.2 Å². The Morgan fingerprint density at radius 3 is 2.12 bits per heavy atom. The van der Waals surface area contributed by atoms with E-state index in [-0.39, 0.29) is 30.8 Å². The molecule has 224 valence electrons. The van der Waals surface area contributed by atoms with Crippen molar-refractivity contribution < 1.29 is 18.0 Å². The summed E-state index contributed by atoms with van der Waals surface area (Å²) in [6, 6.07) is 24.5. The highest BCUT2D eigenvalue weighted by Crippen LogP contribution is 2.26. The summed E-state index contributed by atoms with van der Waals surface area (Å²) in [5, 5.41) is 3.23. The van der Waals surface area contributed by atoms with Crippen LogP contribution in [-0.4, -0.2) is 50.0 Å². The molecule has 0 aromatic heterocycles. The molecule has 1 saturated carbocycles. The van der Waals surface area contributed by atoms with E-state index in [0.29, 0.717) is 25.1 Å². The van der Waals surface area contributed by atoms with Gasteiger partial charge in [0.25, 0.3) is 0 Å². The largest absolute Gasteiger partial charge is 0.352 e. The molecule has 0 spiro atoms. The standard InChI is InChI=1S/C34H43N3O4S/c1-26-14-12-21-31(27(26)2)37(42(3,40)41)23-13-22-33(38)36(25-29-17-8-5-9-18-29)32(24-28-15-6-4-7-16-28)34(39)35-30-19-10-11-20-30/h4-9,12,14-18,21,30,32H,10-11,13,19-20,22-25H2,1-3H3,(H,35,39). The predicted molar refractivity (Wildman–Crippen MR) is 169 cm³/mol. The summed E-state index contributed by atoms with van der Waals surface area (Å²) < 4.78 is 27.0. The van der Waals surface area contributed by atoms with Crippen molar-refractivity contribution in [1.29, 1.82) is 0 Å². The molecule has 0 bridgehead atoms. The monoisotopic (exact) mass is 589 g/mol. The molecular weight excluding hydrogens is 546 g/mol. The predicted octanol–water partition coefficient (Wildman–Crippen LogP) is 5.55. The number of anilines is 1. The summed E-state index contributed by atoms with van der Waals surface area (Å²) in [4.78, 5) is 29.5. The minimum Gasteiger partial charge on any atom is -0.352 e. The maximum atomic E-state index is 14.0. The molecule has 8 heteroatoms. The lowest BCUT2D eigenvalue weighted by molar-refractivity contribution is -0.141. The normalized spacial score (nSPS) is 14.4. The van der Waals surface area contributed by atoms with Crippen LogP contribution in [0.1, 0.15) is 60.8 Å². The van der Waals surface area contributed by atoms with Crippen LogP contribution >= 0.6 is 0 Å². The molecule has 0 aliphatic heterocycles. The molecule has 42 heavy (non-hydrogen) atoms. The Morgan fingerprint density at radius 2 is 1.50 bits per heavy atom. The first-order valence-electron chi connectivity index (χ1n) is 14.8. The van der Waals surface area contributed by atoms with E-state index in [2.05, 4.69) is 5.32 Å². The smallest absolute Gasteiger partial charge is 0.243 e. The zero-order valence-corrected chi connectivity index (χ0v) is 25.8. The first kappa shape index (κ1) is 31.3. The zero-order valence-electron chi connectivity index (χ0n) is 25.0. The van der Waals surface area contributed by atoms with Crippen molar-refractivity contribution in [2.75, 3.05) is 17.1 Å². The van der Waals surface area contributed by atoms with Crippen LogP contribution in [0.4, 0.5) is 5.69 Å². The summed E-state index contributed by atoms with van der Waals surface area (Å²) in [5.41, 5.74) is 4.44. The Bertz CT molecular complexity index is 1440. The first-order valence-corrected chi connectivity index (χ1v) is 16.7. The van der Waals surface area contributed by atoms with E-state index in [1.807, 2.05) is 86.6 Å². The Labute approximate surface area is 251 Å². The van der Waals surface area contributed by atoms with Crippen molar-refractivity contribution in [3.8, 4) is 0 Å². The van der Waals surface area contributed by atoms with Gasteiger partial charge in [-0.1, -0.05) is 85.6 Å². The molecule has 7 nitrogen and oxygen atoms in total. The van der Waals surface area contributed by atoms with Crippen LogP contribution in [0, 0.1) is 13.8 Å². The van der Waals surface area contributed by atoms with Gasteiger partial charge in [0.2, 0.25) is 21.8 Å². The average Bonchev–Trinajstić information content (AvgIpc) is 3.48. The number of carbonyl (C=O) groups excluding carboxylic acids is 2. The van der Waals surface area contributed by atoms with Crippen molar-refractivity contribution in [1.82, 2.24) is 10.2 Å². The van der Waals surface area contributed by atoms with E-state index >= 15 is 0 Å². The third-order valence-electron chi connectivity index (χ3n) is 8.17. The lowest BCUT2D eigenvalue weighted by atomic mass is 10.0. The number of hydrogen-bond donors (Lipinski definition) is 1. The minimum absolute atomic E-state index is 0.117. The van der Waals surface area contributed by atoms with Gasteiger partial charge in [0, 0.05) is 32.0 Å². The van der Waals surface area contributed by atoms with E-state index in [1.54, 1.807) is 11.0 Å². The fourth-order valence-electron chi connectivity index (χ4n) is 5.69. The number of aryl methyl sites for hydroxylation is 1. The van der Waals surface area contributed by atoms with Crippen molar-refractivity contribution in [2.45, 2.75) is 77.4 Å². The molecule has 0 radical (unpaired) electrons. The van der Waals surface area contributed by atoms with Gasteiger partial charge in [-0.05, 0) is 61.4 Å². The number of benzene rings is 3. The summed E-state index contributed by atoms with van der Waals surface area (Å²) in [6.07, 6.45) is 6.14. The van der Waals surface area contributed by atoms with Gasteiger partial charge in [-0.15, -0.1) is 0 Å². The fraction of sp³-hybridized carbons (Fsp3) is 0.412. The molecule has 1 aliphatic rings. The maximum absolute atomic E-state index is 14.0. The molecule has 1 unspecified atom stereocenters. The summed E-state index contributed by atoms with van der Waals surface area (Å²) in [5.74, 6) is -0.307. The Balaban J connectivity index is 1.58. The van der Waals surface area contributed by atoms with Crippen molar-refractivity contribution in [3.63, 3.8) is 0 Å². The van der Waals surface area contributed by atoms with E-state index in [4.69, 9.17) is 0 Å². The molecule has 4 rings (SSSR count). The van der Waals surface area contributed by atoms with Crippen molar-refractivity contribution in [3.05, 3.63) is 101 Å². The third-order valence-corrected chi connectivity index (χ3v) is 9.35. The second-order valence-electron chi connectivity index (χ2n) is 11.4. The lowest BCUT2D eigenvalue weighted by Gasteiger charge is -2.33. The number of amides is 2. The van der Waals surface area contributed by atoms with Gasteiger partial charge in [-0.3, -0.25) is 13.9 Å². The minimum atomic E-state index is -3.56. The van der Waals surface area contributed by atoms with Crippen LogP contribution in [0.15, 0.2) is 78.9 Å². The van der Waals surface area contributed by atoms with Crippen LogP contribution in [0.2, 0.25) is 0 Å². The van der Waals surface area contributed by atoms with Crippen LogP contribution < -0.4 is 9.62 Å². The average molecular weight is 590 g/mol. The SMILES string of the molecule is Cc1cccc(N(CCCC(=O)N(Cc2ccccc2)C(Cc2ccccc2)C(=O)NC2CCCC2)S(C)(=O)=O)c1C. The number of nitrogens with zero attached hydrogens (tertiary/aromatic N) is 2. The molecule has 1 fully saturated rings. The molecule has 3 aromatic rings. The Kier molecular flexibility index (Phi) is 10.8. The third kappa shape index (κ3) is 8.44. The highest BCUT2D eigenvalue weighted by atomic mass is 32.2. The van der Waals surface area contributed by atoms with E-state index in [1.165, 1.54) is 10.6 Å². The zero-order chi connectivity index (χ0) is 30.1. The van der Waals surface area contributed by atoms with Crippen LogP contribution in [0.3, 0.4) is 0 Å². The van der Waals surface area contributed by atoms with Crippen LogP contribution in [-0.2, 0) is 32.6 Å². The molecule has 3 aromatic carbocycles. The summed E-state index contributed by atoms with van der Waals surface area (Å²) in [7, 11) is -3.56. The topological polar surface area (TPSA) is 86.8 Å². The molecule has 1 atom stereocenters. The second kappa shape index (κ2) is 14.5. The van der Waals surface area contributed by atoms with Gasteiger partial charge in [0.1, 0.15) is 6.04 Å².